The maximum Gasteiger partial charge on any atom is 0.387 e. The molecular weight excluding hydrogens is 344 g/mol. The minimum Gasteiger partial charge on any atom is -0.493 e. The van der Waals surface area contributed by atoms with E-state index in [1.165, 1.54) is 13.2 Å². The van der Waals surface area contributed by atoms with E-state index < -0.39 is 6.61 Å². The first-order chi connectivity index (χ1) is 12.6. The molecular formula is C19H23F2NO4. The zero-order valence-corrected chi connectivity index (χ0v) is 15.1. The zero-order valence-electron chi connectivity index (χ0n) is 15.1. The number of alkyl halides is 2. The normalized spacial score (nSPS) is 10.7. The second-order valence-electron chi connectivity index (χ2n) is 5.48. The first-order valence-electron chi connectivity index (χ1n) is 8.10. The highest BCUT2D eigenvalue weighted by Gasteiger charge is 2.11. The predicted octanol–water partition coefficient (Wildman–Crippen LogP) is 3.65. The summed E-state index contributed by atoms with van der Waals surface area (Å²) < 4.78 is 44.7. The second-order valence-corrected chi connectivity index (χ2v) is 5.48. The molecule has 1 N–H and O–H groups in total. The van der Waals surface area contributed by atoms with E-state index >= 15 is 0 Å². The summed E-state index contributed by atoms with van der Waals surface area (Å²) in [5, 5.41) is 3.31. The van der Waals surface area contributed by atoms with Gasteiger partial charge in [-0.1, -0.05) is 12.1 Å². The number of benzene rings is 2. The van der Waals surface area contributed by atoms with Gasteiger partial charge in [0, 0.05) is 6.54 Å². The smallest absolute Gasteiger partial charge is 0.387 e. The summed E-state index contributed by atoms with van der Waals surface area (Å²) in [6.07, 6.45) is 0.810. The van der Waals surface area contributed by atoms with Crippen LogP contribution in [0.15, 0.2) is 36.4 Å². The molecule has 0 radical (unpaired) electrons. The Kier molecular flexibility index (Phi) is 7.47. The molecule has 0 amide bonds. The minimum atomic E-state index is -2.88. The average Bonchev–Trinajstić information content (AvgIpc) is 2.65. The van der Waals surface area contributed by atoms with Crippen molar-refractivity contribution < 1.29 is 27.7 Å². The van der Waals surface area contributed by atoms with Crippen molar-refractivity contribution in [2.45, 2.75) is 19.6 Å². The van der Waals surface area contributed by atoms with E-state index in [4.69, 9.17) is 14.2 Å². The minimum absolute atomic E-state index is 0.0246. The van der Waals surface area contributed by atoms with Gasteiger partial charge in [0.25, 0.3) is 0 Å². The molecule has 0 saturated heterocycles. The van der Waals surface area contributed by atoms with Gasteiger partial charge in [0.1, 0.15) is 0 Å². The standard InChI is InChI=1S/C19H23F2NO4/c1-23-15-6-4-13(10-17(15)24-2)8-9-22-12-14-5-7-16(26-19(20)21)18(11-14)25-3/h4-7,10-11,19,22H,8-9,12H2,1-3H3. The Hall–Kier alpha value is -2.54. The van der Waals surface area contributed by atoms with E-state index in [-0.39, 0.29) is 11.5 Å². The quantitative estimate of drug-likeness (QED) is 0.650. The molecule has 0 spiro atoms. The van der Waals surface area contributed by atoms with Gasteiger partial charge in [0.05, 0.1) is 21.3 Å². The van der Waals surface area contributed by atoms with E-state index in [1.54, 1.807) is 26.4 Å². The first kappa shape index (κ1) is 19.8. The van der Waals surface area contributed by atoms with Gasteiger partial charge < -0.3 is 24.3 Å². The van der Waals surface area contributed by atoms with Crippen LogP contribution in [0.2, 0.25) is 0 Å². The number of hydrogen-bond donors (Lipinski definition) is 1. The van der Waals surface area contributed by atoms with Crippen LogP contribution in [-0.2, 0) is 13.0 Å². The summed E-state index contributed by atoms with van der Waals surface area (Å²) in [7, 11) is 4.63. The number of methoxy groups -OCH3 is 3. The van der Waals surface area contributed by atoms with Gasteiger partial charge in [-0.25, -0.2) is 0 Å². The molecule has 2 rings (SSSR count). The van der Waals surface area contributed by atoms with Crippen molar-refractivity contribution in [2.75, 3.05) is 27.9 Å². The highest BCUT2D eigenvalue weighted by Crippen LogP contribution is 2.29. The molecule has 0 aromatic heterocycles. The summed E-state index contributed by atoms with van der Waals surface area (Å²) >= 11 is 0. The number of hydrogen-bond acceptors (Lipinski definition) is 5. The number of ether oxygens (including phenoxy) is 4. The van der Waals surface area contributed by atoms with Crippen LogP contribution in [0.25, 0.3) is 0 Å². The van der Waals surface area contributed by atoms with Gasteiger partial charge in [-0.05, 0) is 48.4 Å². The van der Waals surface area contributed by atoms with Crippen molar-refractivity contribution in [2.24, 2.45) is 0 Å². The van der Waals surface area contributed by atoms with Crippen molar-refractivity contribution in [1.29, 1.82) is 0 Å². The lowest BCUT2D eigenvalue weighted by Crippen LogP contribution is -2.16. The van der Waals surface area contributed by atoms with Gasteiger partial charge in [-0.15, -0.1) is 0 Å². The summed E-state index contributed by atoms with van der Waals surface area (Å²) in [4.78, 5) is 0. The molecule has 0 atom stereocenters. The molecule has 5 nitrogen and oxygen atoms in total. The van der Waals surface area contributed by atoms with Crippen molar-refractivity contribution in [3.8, 4) is 23.0 Å². The largest absolute Gasteiger partial charge is 0.493 e. The number of rotatable bonds is 10. The molecule has 0 aliphatic heterocycles. The monoisotopic (exact) mass is 367 g/mol. The number of nitrogens with one attached hydrogen (secondary N) is 1. The van der Waals surface area contributed by atoms with Crippen LogP contribution in [0.1, 0.15) is 11.1 Å². The topological polar surface area (TPSA) is 49.0 Å². The average molecular weight is 367 g/mol. The Bertz CT molecular complexity index is 710. The highest BCUT2D eigenvalue weighted by atomic mass is 19.3. The maximum absolute atomic E-state index is 12.3. The molecule has 0 saturated carbocycles. The van der Waals surface area contributed by atoms with Crippen LogP contribution < -0.4 is 24.3 Å². The van der Waals surface area contributed by atoms with E-state index in [0.717, 1.165) is 24.1 Å². The Morgan fingerprint density at radius 2 is 1.38 bits per heavy atom. The van der Waals surface area contributed by atoms with Crippen LogP contribution in [0.4, 0.5) is 8.78 Å². The number of halogens is 2. The molecule has 0 aliphatic rings. The summed E-state index contributed by atoms with van der Waals surface area (Å²) in [6.45, 7) is -1.56. The maximum atomic E-state index is 12.3. The predicted molar refractivity (Wildman–Crippen MR) is 94.6 cm³/mol. The van der Waals surface area contributed by atoms with Crippen LogP contribution >= 0.6 is 0 Å². The van der Waals surface area contributed by atoms with Crippen LogP contribution in [0, 0.1) is 0 Å². The van der Waals surface area contributed by atoms with Gasteiger partial charge >= 0.3 is 6.61 Å². The third kappa shape index (κ3) is 5.49. The lowest BCUT2D eigenvalue weighted by molar-refractivity contribution is -0.0512. The van der Waals surface area contributed by atoms with Gasteiger partial charge in [0.15, 0.2) is 23.0 Å². The first-order valence-corrected chi connectivity index (χ1v) is 8.10. The molecule has 0 fully saturated rings. The lowest BCUT2D eigenvalue weighted by Gasteiger charge is -2.12. The Morgan fingerprint density at radius 3 is 2.04 bits per heavy atom. The van der Waals surface area contributed by atoms with Crippen LogP contribution in [0.5, 0.6) is 23.0 Å². The Balaban J connectivity index is 1.88. The molecule has 2 aromatic rings. The molecule has 142 valence electrons. The fourth-order valence-electron chi connectivity index (χ4n) is 2.52. The molecule has 2 aromatic carbocycles. The Morgan fingerprint density at radius 1 is 0.808 bits per heavy atom. The molecule has 26 heavy (non-hydrogen) atoms. The van der Waals surface area contributed by atoms with Crippen molar-refractivity contribution in [1.82, 2.24) is 5.32 Å². The van der Waals surface area contributed by atoms with Crippen LogP contribution in [-0.4, -0.2) is 34.5 Å². The highest BCUT2D eigenvalue weighted by molar-refractivity contribution is 5.43. The molecule has 0 unspecified atom stereocenters. The molecule has 0 bridgehead atoms. The van der Waals surface area contributed by atoms with E-state index in [0.29, 0.717) is 18.0 Å². The van der Waals surface area contributed by atoms with Gasteiger partial charge in [-0.2, -0.15) is 8.78 Å². The van der Waals surface area contributed by atoms with Gasteiger partial charge in [-0.3, -0.25) is 0 Å². The van der Waals surface area contributed by atoms with E-state index in [1.807, 2.05) is 18.2 Å². The van der Waals surface area contributed by atoms with Crippen molar-refractivity contribution >= 4 is 0 Å². The van der Waals surface area contributed by atoms with E-state index in [9.17, 15) is 8.78 Å². The van der Waals surface area contributed by atoms with Crippen molar-refractivity contribution in [3.05, 3.63) is 47.5 Å². The van der Waals surface area contributed by atoms with E-state index in [2.05, 4.69) is 10.1 Å². The summed E-state index contributed by atoms with van der Waals surface area (Å²) in [5.41, 5.74) is 2.03. The molecule has 0 aliphatic carbocycles. The third-order valence-corrected chi connectivity index (χ3v) is 3.81. The second kappa shape index (κ2) is 9.82. The SMILES string of the molecule is COc1ccc(CCNCc2ccc(OC(F)F)c(OC)c2)cc1OC. The van der Waals surface area contributed by atoms with Crippen molar-refractivity contribution in [3.63, 3.8) is 0 Å². The van der Waals surface area contributed by atoms with Gasteiger partial charge in [0.2, 0.25) is 0 Å². The Labute approximate surface area is 151 Å². The molecule has 7 heteroatoms. The summed E-state index contributed by atoms with van der Waals surface area (Å²) in [6, 6.07) is 10.7. The fourth-order valence-corrected chi connectivity index (χ4v) is 2.52. The fraction of sp³-hybridized carbons (Fsp3) is 0.368. The molecule has 0 heterocycles. The van der Waals surface area contributed by atoms with Crippen LogP contribution in [0.3, 0.4) is 0 Å². The lowest BCUT2D eigenvalue weighted by atomic mass is 10.1. The zero-order chi connectivity index (χ0) is 18.9. The third-order valence-electron chi connectivity index (χ3n) is 3.81. The summed E-state index contributed by atoms with van der Waals surface area (Å²) in [5.74, 6) is 1.70.